The van der Waals surface area contributed by atoms with Crippen molar-refractivity contribution in [2.45, 2.75) is 38.3 Å². The summed E-state index contributed by atoms with van der Waals surface area (Å²) in [7, 11) is 0. The van der Waals surface area contributed by atoms with Crippen LogP contribution < -0.4 is 10.2 Å². The lowest BCUT2D eigenvalue weighted by atomic mass is 10.0. The molecule has 6 nitrogen and oxygen atoms in total. The zero-order valence-electron chi connectivity index (χ0n) is 19.3. The number of thiophene rings is 1. The highest BCUT2D eigenvalue weighted by Gasteiger charge is 2.20. The van der Waals surface area contributed by atoms with Crippen molar-refractivity contribution in [3.63, 3.8) is 0 Å². The van der Waals surface area contributed by atoms with Gasteiger partial charge in [-0.2, -0.15) is 0 Å². The molecule has 2 N–H and O–H groups in total. The van der Waals surface area contributed by atoms with Crippen molar-refractivity contribution in [2.24, 2.45) is 0 Å². The van der Waals surface area contributed by atoms with E-state index in [4.69, 9.17) is 5.11 Å². The van der Waals surface area contributed by atoms with E-state index in [1.807, 2.05) is 0 Å². The lowest BCUT2D eigenvalue weighted by molar-refractivity contribution is 0.0702. The summed E-state index contributed by atoms with van der Waals surface area (Å²) in [5.41, 5.74) is 4.87. The summed E-state index contributed by atoms with van der Waals surface area (Å²) in [6, 6.07) is 19.4. The zero-order valence-corrected chi connectivity index (χ0v) is 21.7. The maximum absolute atomic E-state index is 10.2. The fourth-order valence-corrected chi connectivity index (χ4v) is 5.47. The summed E-state index contributed by atoms with van der Waals surface area (Å²) in [4.78, 5) is 22.0. The van der Waals surface area contributed by atoms with E-state index >= 15 is 0 Å². The highest BCUT2D eigenvalue weighted by atomic mass is 79.9. The van der Waals surface area contributed by atoms with Gasteiger partial charge in [-0.1, -0.05) is 24.3 Å². The second-order valence-corrected chi connectivity index (χ2v) is 11.4. The Morgan fingerprint density at radius 2 is 1.86 bits per heavy atom. The van der Waals surface area contributed by atoms with Gasteiger partial charge >= 0.3 is 5.97 Å². The number of nitrogens with one attached hydrogen (secondary N) is 1. The molecule has 180 valence electrons. The maximum Gasteiger partial charge on any atom is 0.345 e. The van der Waals surface area contributed by atoms with E-state index in [0.717, 1.165) is 46.2 Å². The van der Waals surface area contributed by atoms with Crippen LogP contribution in [0.3, 0.4) is 0 Å². The van der Waals surface area contributed by atoms with Gasteiger partial charge in [-0.15, -0.1) is 11.3 Å². The van der Waals surface area contributed by atoms with Crippen molar-refractivity contribution in [3.05, 3.63) is 75.2 Å². The van der Waals surface area contributed by atoms with Crippen LogP contribution in [0.1, 0.15) is 40.9 Å². The number of benzene rings is 2. The Labute approximate surface area is 217 Å². The summed E-state index contributed by atoms with van der Waals surface area (Å²) in [5, 5.41) is 13.1. The highest BCUT2D eigenvalue weighted by Crippen LogP contribution is 2.31. The van der Waals surface area contributed by atoms with E-state index in [1.54, 1.807) is 18.5 Å². The fourth-order valence-electron chi connectivity index (χ4n) is 4.24. The van der Waals surface area contributed by atoms with Crippen molar-refractivity contribution in [3.8, 4) is 11.1 Å². The molecule has 1 aliphatic carbocycles. The Hall–Kier alpha value is -2.81. The number of carboxylic acids is 1. The average Bonchev–Trinajstić information content (AvgIpc) is 3.34. The van der Waals surface area contributed by atoms with Gasteiger partial charge in [0.05, 0.1) is 9.30 Å². The molecule has 0 amide bonds. The first-order valence-electron chi connectivity index (χ1n) is 11.9. The van der Waals surface area contributed by atoms with Gasteiger partial charge in [0.25, 0.3) is 0 Å². The lowest BCUT2D eigenvalue weighted by Gasteiger charge is -2.18. The van der Waals surface area contributed by atoms with Crippen LogP contribution in [0.4, 0.5) is 5.82 Å². The highest BCUT2D eigenvalue weighted by molar-refractivity contribution is 9.11. The Balaban J connectivity index is 0.000000239. The second kappa shape index (κ2) is 10.8. The molecular weight excluding hydrogens is 524 g/mol. The van der Waals surface area contributed by atoms with Crippen molar-refractivity contribution in [1.29, 1.82) is 0 Å². The minimum absolute atomic E-state index is 0.363. The summed E-state index contributed by atoms with van der Waals surface area (Å²) < 4.78 is 0.847. The predicted molar refractivity (Wildman–Crippen MR) is 145 cm³/mol. The van der Waals surface area contributed by atoms with Gasteiger partial charge in [-0.25, -0.2) is 14.8 Å². The molecule has 6 rings (SSSR count). The van der Waals surface area contributed by atoms with Crippen LogP contribution in [0, 0.1) is 0 Å². The molecular formula is C27H27BrN4O2S. The summed E-state index contributed by atoms with van der Waals surface area (Å²) in [6.07, 6.45) is 6.84. The Kier molecular flexibility index (Phi) is 7.41. The third-order valence-corrected chi connectivity index (χ3v) is 7.85. The van der Waals surface area contributed by atoms with Crippen LogP contribution in [-0.4, -0.2) is 40.2 Å². The molecule has 1 saturated carbocycles. The molecule has 2 aromatic carbocycles. The van der Waals surface area contributed by atoms with E-state index in [2.05, 4.69) is 78.6 Å². The van der Waals surface area contributed by atoms with Gasteiger partial charge in [-0.3, -0.25) is 0 Å². The molecule has 0 radical (unpaired) electrons. The lowest BCUT2D eigenvalue weighted by Crippen LogP contribution is -2.19. The number of nitrogens with zero attached hydrogens (tertiary/aromatic N) is 3. The SMILES string of the molecule is O=C(O)c1ccc(Br)s1.c1cc(CNC2CC2)cc(-c2ccc3ncnc(N4CCCC4)c3c2)c1. The normalized spacial score (nSPS) is 15.2. The number of fused-ring (bicyclic) bond motifs is 1. The third kappa shape index (κ3) is 6.07. The van der Waals surface area contributed by atoms with E-state index in [-0.39, 0.29) is 0 Å². The minimum Gasteiger partial charge on any atom is -0.477 e. The van der Waals surface area contributed by atoms with Gasteiger partial charge in [0.1, 0.15) is 17.0 Å². The Morgan fingerprint density at radius 1 is 1.06 bits per heavy atom. The summed E-state index contributed by atoms with van der Waals surface area (Å²) >= 11 is 4.37. The average molecular weight is 552 g/mol. The molecule has 0 bridgehead atoms. The van der Waals surface area contributed by atoms with E-state index in [1.165, 1.54) is 53.7 Å². The number of carbonyl (C=O) groups is 1. The number of hydrogen-bond donors (Lipinski definition) is 2. The molecule has 1 saturated heterocycles. The van der Waals surface area contributed by atoms with Crippen LogP contribution in [-0.2, 0) is 6.54 Å². The summed E-state index contributed by atoms with van der Waals surface area (Å²) in [5.74, 6) is 0.214. The number of halogens is 1. The third-order valence-electron chi connectivity index (χ3n) is 6.24. The van der Waals surface area contributed by atoms with Gasteiger partial charge in [-0.05, 0) is 88.6 Å². The van der Waals surface area contributed by atoms with Gasteiger partial charge in [0.15, 0.2) is 0 Å². The Bertz CT molecular complexity index is 1330. The topological polar surface area (TPSA) is 78.3 Å². The van der Waals surface area contributed by atoms with Crippen LogP contribution in [0.5, 0.6) is 0 Å². The van der Waals surface area contributed by atoms with E-state index in [0.29, 0.717) is 4.88 Å². The van der Waals surface area contributed by atoms with E-state index < -0.39 is 5.97 Å². The standard InChI is InChI=1S/C22H24N4.C5H3BrO2S/c1-2-11-26(10-1)22-20-13-18(6-9-21(20)24-15-25-22)17-5-3-4-16(12-17)14-23-19-7-8-19;6-4-2-1-3(9-4)5(7)8/h3-6,9,12-13,15,19,23H,1-2,7-8,10-11,14H2;1-2H,(H,7,8). The van der Waals surface area contributed by atoms with Gasteiger partial charge in [0.2, 0.25) is 0 Å². The van der Waals surface area contributed by atoms with E-state index in [9.17, 15) is 4.79 Å². The van der Waals surface area contributed by atoms with Crippen molar-refractivity contribution in [1.82, 2.24) is 15.3 Å². The Morgan fingerprint density at radius 3 is 2.54 bits per heavy atom. The number of anilines is 1. The van der Waals surface area contributed by atoms with Gasteiger partial charge < -0.3 is 15.3 Å². The molecule has 3 heterocycles. The van der Waals surface area contributed by atoms with Crippen molar-refractivity contribution >= 4 is 50.0 Å². The van der Waals surface area contributed by atoms with Crippen molar-refractivity contribution in [2.75, 3.05) is 18.0 Å². The zero-order chi connectivity index (χ0) is 24.2. The van der Waals surface area contributed by atoms with Crippen molar-refractivity contribution < 1.29 is 9.90 Å². The van der Waals surface area contributed by atoms with Crippen LogP contribution in [0.15, 0.2) is 64.7 Å². The predicted octanol–water partition coefficient (Wildman–Crippen LogP) is 6.36. The first-order chi connectivity index (χ1) is 17.1. The van der Waals surface area contributed by atoms with Crippen LogP contribution in [0.2, 0.25) is 0 Å². The first kappa shape index (κ1) is 23.9. The number of rotatable bonds is 6. The summed E-state index contributed by atoms with van der Waals surface area (Å²) in [6.45, 7) is 3.14. The molecule has 2 aromatic heterocycles. The number of hydrogen-bond acceptors (Lipinski definition) is 6. The molecule has 1 aliphatic heterocycles. The monoisotopic (exact) mass is 550 g/mol. The molecule has 0 unspecified atom stereocenters. The minimum atomic E-state index is -0.870. The maximum atomic E-state index is 10.2. The molecule has 2 aliphatic rings. The molecule has 4 aromatic rings. The second-order valence-electron chi connectivity index (χ2n) is 8.89. The van der Waals surface area contributed by atoms with Crippen LogP contribution >= 0.6 is 27.3 Å². The fraction of sp³-hybridized carbons (Fsp3) is 0.296. The smallest absolute Gasteiger partial charge is 0.345 e. The molecule has 0 spiro atoms. The largest absolute Gasteiger partial charge is 0.477 e. The first-order valence-corrected chi connectivity index (χ1v) is 13.5. The molecule has 0 atom stereocenters. The van der Waals surface area contributed by atoms with Crippen LogP contribution in [0.25, 0.3) is 22.0 Å². The molecule has 8 heteroatoms. The number of carboxylic acid groups (broad SMARTS) is 1. The molecule has 2 fully saturated rings. The number of aromatic nitrogens is 2. The molecule has 35 heavy (non-hydrogen) atoms. The number of aromatic carboxylic acids is 1. The van der Waals surface area contributed by atoms with Gasteiger partial charge in [0, 0.05) is 31.1 Å². The quantitative estimate of drug-likeness (QED) is 0.291.